The maximum absolute atomic E-state index is 12.3. The van der Waals surface area contributed by atoms with Crippen molar-refractivity contribution in [2.75, 3.05) is 0 Å². The molecule has 1 saturated carbocycles. The molecule has 1 fully saturated rings. The van der Waals surface area contributed by atoms with Crippen molar-refractivity contribution in [3.63, 3.8) is 0 Å². The summed E-state index contributed by atoms with van der Waals surface area (Å²) in [4.78, 5) is 23.8. The zero-order valence-corrected chi connectivity index (χ0v) is 10.3. The van der Waals surface area contributed by atoms with Gasteiger partial charge in [0.1, 0.15) is 10.9 Å². The normalized spacial score (nSPS) is 25.6. The molecule has 0 bridgehead atoms. The molecule has 18 heavy (non-hydrogen) atoms. The van der Waals surface area contributed by atoms with E-state index < -0.39 is 22.0 Å². The van der Waals surface area contributed by atoms with Crippen molar-refractivity contribution in [2.45, 2.75) is 30.2 Å². The van der Waals surface area contributed by atoms with E-state index >= 15 is 0 Å². The Balaban J connectivity index is 2.15. The lowest BCUT2D eigenvalue weighted by Gasteiger charge is -2.20. The van der Waals surface area contributed by atoms with Gasteiger partial charge in [0.15, 0.2) is 5.78 Å². The van der Waals surface area contributed by atoms with Crippen molar-refractivity contribution >= 4 is 21.7 Å². The minimum Gasteiger partial charge on any atom is -0.297 e. The van der Waals surface area contributed by atoms with Gasteiger partial charge in [-0.15, -0.1) is 0 Å². The van der Waals surface area contributed by atoms with Crippen LogP contribution in [0.15, 0.2) is 29.2 Å². The lowest BCUT2D eigenvalue weighted by molar-refractivity contribution is -0.120. The summed E-state index contributed by atoms with van der Waals surface area (Å²) in [5.41, 5.74) is 0.164. The van der Waals surface area contributed by atoms with Gasteiger partial charge in [-0.25, -0.2) is 12.7 Å². The number of fused-ring (bicyclic) bond motifs is 1. The Morgan fingerprint density at radius 3 is 2.50 bits per heavy atom. The second-order valence-corrected chi connectivity index (χ2v) is 6.26. The molecule has 1 aliphatic carbocycles. The Bertz CT molecular complexity index is 650. The van der Waals surface area contributed by atoms with Crippen LogP contribution in [-0.2, 0) is 14.8 Å². The monoisotopic (exact) mass is 265 g/mol. The lowest BCUT2D eigenvalue weighted by atomic mass is 10.2. The van der Waals surface area contributed by atoms with Gasteiger partial charge in [0, 0.05) is 6.42 Å². The SMILES string of the molecule is O=C1CCC[C@H]1N1C(=O)c2ccccc2S1(=O)=O. The molecular weight excluding hydrogens is 254 g/mol. The van der Waals surface area contributed by atoms with Gasteiger partial charge >= 0.3 is 0 Å². The van der Waals surface area contributed by atoms with E-state index in [4.69, 9.17) is 0 Å². The van der Waals surface area contributed by atoms with E-state index in [1.54, 1.807) is 12.1 Å². The molecule has 0 radical (unpaired) electrons. The molecule has 94 valence electrons. The fourth-order valence-electron chi connectivity index (χ4n) is 2.56. The third kappa shape index (κ3) is 1.35. The fraction of sp³-hybridized carbons (Fsp3) is 0.333. The number of nitrogens with zero attached hydrogens (tertiary/aromatic N) is 1. The van der Waals surface area contributed by atoms with Gasteiger partial charge in [-0.05, 0) is 25.0 Å². The molecule has 0 aromatic heterocycles. The number of Topliss-reactive ketones (excluding diaryl/α,β-unsaturated/α-hetero) is 1. The Morgan fingerprint density at radius 1 is 1.17 bits per heavy atom. The average Bonchev–Trinajstić information content (AvgIpc) is 2.82. The van der Waals surface area contributed by atoms with Crippen LogP contribution in [0.25, 0.3) is 0 Å². The highest BCUT2D eigenvalue weighted by molar-refractivity contribution is 7.90. The van der Waals surface area contributed by atoms with Crippen LogP contribution in [-0.4, -0.2) is 30.5 Å². The number of ketones is 1. The molecule has 1 amide bonds. The van der Waals surface area contributed by atoms with Crippen LogP contribution in [0.2, 0.25) is 0 Å². The highest BCUT2D eigenvalue weighted by atomic mass is 32.2. The van der Waals surface area contributed by atoms with Crippen LogP contribution in [0, 0.1) is 0 Å². The van der Waals surface area contributed by atoms with E-state index in [-0.39, 0.29) is 16.2 Å². The van der Waals surface area contributed by atoms with Gasteiger partial charge in [0.2, 0.25) is 0 Å². The van der Waals surface area contributed by atoms with Crippen LogP contribution in [0.1, 0.15) is 29.6 Å². The van der Waals surface area contributed by atoms with Gasteiger partial charge in [0.25, 0.3) is 15.9 Å². The van der Waals surface area contributed by atoms with E-state index in [1.807, 2.05) is 0 Å². The molecule has 0 unspecified atom stereocenters. The van der Waals surface area contributed by atoms with Crippen molar-refractivity contribution in [2.24, 2.45) is 0 Å². The first-order valence-electron chi connectivity index (χ1n) is 5.74. The van der Waals surface area contributed by atoms with Gasteiger partial charge < -0.3 is 0 Å². The van der Waals surface area contributed by atoms with Crippen molar-refractivity contribution < 1.29 is 18.0 Å². The fourth-order valence-corrected chi connectivity index (χ4v) is 4.33. The summed E-state index contributed by atoms with van der Waals surface area (Å²) in [5.74, 6) is -0.745. The molecule has 5 nitrogen and oxygen atoms in total. The maximum Gasteiger partial charge on any atom is 0.269 e. The van der Waals surface area contributed by atoms with E-state index in [1.165, 1.54) is 12.1 Å². The number of rotatable bonds is 1. The quantitative estimate of drug-likeness (QED) is 0.758. The molecule has 2 aliphatic rings. The number of carbonyl (C=O) groups excluding carboxylic acids is 2. The summed E-state index contributed by atoms with van der Waals surface area (Å²) in [6, 6.07) is 5.27. The molecule has 1 aliphatic heterocycles. The number of hydrogen-bond donors (Lipinski definition) is 0. The first kappa shape index (κ1) is 11.4. The predicted octanol–water partition coefficient (Wildman–Crippen LogP) is 0.953. The molecule has 3 rings (SSSR count). The largest absolute Gasteiger partial charge is 0.297 e. The predicted molar refractivity (Wildman–Crippen MR) is 62.4 cm³/mol. The highest BCUT2D eigenvalue weighted by Gasteiger charge is 2.48. The molecule has 0 N–H and O–H groups in total. The molecule has 1 aromatic carbocycles. The Kier molecular flexibility index (Phi) is 2.31. The number of benzene rings is 1. The van der Waals surface area contributed by atoms with Crippen molar-refractivity contribution in [3.05, 3.63) is 29.8 Å². The summed E-state index contributed by atoms with van der Waals surface area (Å²) in [7, 11) is -3.85. The van der Waals surface area contributed by atoms with Crippen molar-refractivity contribution in [1.82, 2.24) is 4.31 Å². The number of carbonyl (C=O) groups is 2. The lowest BCUT2D eigenvalue weighted by Crippen LogP contribution is -2.42. The van der Waals surface area contributed by atoms with Crippen LogP contribution in [0.4, 0.5) is 0 Å². The maximum atomic E-state index is 12.3. The summed E-state index contributed by atoms with van der Waals surface area (Å²) in [5, 5.41) is 0. The Hall–Kier alpha value is -1.69. The van der Waals surface area contributed by atoms with Crippen LogP contribution in [0.5, 0.6) is 0 Å². The smallest absolute Gasteiger partial charge is 0.269 e. The third-order valence-corrected chi connectivity index (χ3v) is 5.26. The summed E-state index contributed by atoms with van der Waals surface area (Å²) < 4.78 is 25.3. The second kappa shape index (κ2) is 3.65. The van der Waals surface area contributed by atoms with Crippen molar-refractivity contribution in [3.8, 4) is 0 Å². The molecule has 1 heterocycles. The van der Waals surface area contributed by atoms with Crippen LogP contribution < -0.4 is 0 Å². The summed E-state index contributed by atoms with van der Waals surface area (Å²) >= 11 is 0. The number of amides is 1. The number of sulfonamides is 1. The Labute approximate surface area is 104 Å². The minimum atomic E-state index is -3.85. The van der Waals surface area contributed by atoms with Gasteiger partial charge in [-0.3, -0.25) is 9.59 Å². The van der Waals surface area contributed by atoms with E-state index in [0.29, 0.717) is 19.3 Å². The highest BCUT2D eigenvalue weighted by Crippen LogP contribution is 2.35. The zero-order chi connectivity index (χ0) is 12.9. The molecule has 0 saturated heterocycles. The summed E-state index contributed by atoms with van der Waals surface area (Å²) in [6.07, 6.45) is 1.41. The van der Waals surface area contributed by atoms with E-state index in [9.17, 15) is 18.0 Å². The van der Waals surface area contributed by atoms with E-state index in [0.717, 1.165) is 4.31 Å². The molecule has 1 aromatic rings. The topological polar surface area (TPSA) is 71.5 Å². The number of hydrogen-bond acceptors (Lipinski definition) is 4. The zero-order valence-electron chi connectivity index (χ0n) is 9.50. The van der Waals surface area contributed by atoms with Crippen LogP contribution in [0.3, 0.4) is 0 Å². The summed E-state index contributed by atoms with van der Waals surface area (Å²) in [6.45, 7) is 0. The molecule has 0 spiro atoms. The molecule has 6 heteroatoms. The average molecular weight is 265 g/mol. The third-order valence-electron chi connectivity index (χ3n) is 3.41. The molecule has 1 atom stereocenters. The van der Waals surface area contributed by atoms with Gasteiger partial charge in [0.05, 0.1) is 5.56 Å². The first-order valence-corrected chi connectivity index (χ1v) is 7.18. The standard InChI is InChI=1S/C12H11NO4S/c14-10-6-3-5-9(10)13-12(15)8-4-1-2-7-11(8)18(13,16)17/h1-2,4,7,9H,3,5-6H2/t9-/m1/s1. The van der Waals surface area contributed by atoms with Gasteiger partial charge in [-0.1, -0.05) is 12.1 Å². The Morgan fingerprint density at radius 2 is 1.89 bits per heavy atom. The van der Waals surface area contributed by atoms with E-state index in [2.05, 4.69) is 0 Å². The molecular formula is C12H11NO4S. The van der Waals surface area contributed by atoms with Crippen molar-refractivity contribution in [1.29, 1.82) is 0 Å². The second-order valence-electron chi connectivity index (χ2n) is 4.48. The first-order chi connectivity index (χ1) is 8.53. The van der Waals surface area contributed by atoms with Gasteiger partial charge in [-0.2, -0.15) is 0 Å². The van der Waals surface area contributed by atoms with Crippen LogP contribution >= 0.6 is 0 Å². The minimum absolute atomic E-state index is 0.00898.